The molecule has 0 fully saturated rings. The summed E-state index contributed by atoms with van der Waals surface area (Å²) in [6, 6.07) is -0.0116. The van der Waals surface area contributed by atoms with Crippen molar-refractivity contribution in [3.8, 4) is 0 Å². The van der Waals surface area contributed by atoms with Crippen LogP contribution in [0.2, 0.25) is 0 Å². The van der Waals surface area contributed by atoms with Gasteiger partial charge in [-0.25, -0.2) is 0 Å². The van der Waals surface area contributed by atoms with E-state index in [1.165, 1.54) is 0 Å². The van der Waals surface area contributed by atoms with E-state index in [0.717, 1.165) is 5.82 Å². The van der Waals surface area contributed by atoms with Crippen LogP contribution >= 0.6 is 0 Å². The molecule has 62 valence electrons. The van der Waals surface area contributed by atoms with Gasteiger partial charge in [-0.15, -0.1) is 10.2 Å². The molecule has 0 amide bonds. The fourth-order valence-corrected chi connectivity index (χ4v) is 0.892. The van der Waals surface area contributed by atoms with Crippen molar-refractivity contribution in [2.45, 2.75) is 19.9 Å². The van der Waals surface area contributed by atoms with Gasteiger partial charge in [-0.05, 0) is 5.92 Å². The minimum Gasteiger partial charge on any atom is -0.321 e. The Labute approximate surface area is 66.4 Å². The maximum absolute atomic E-state index is 5.86. The van der Waals surface area contributed by atoms with Gasteiger partial charge in [0.15, 0.2) is 0 Å². The summed E-state index contributed by atoms with van der Waals surface area (Å²) in [5.74, 6) is 1.25. The van der Waals surface area contributed by atoms with E-state index < -0.39 is 0 Å². The summed E-state index contributed by atoms with van der Waals surface area (Å²) in [7, 11) is 1.90. The molecule has 0 aliphatic heterocycles. The summed E-state index contributed by atoms with van der Waals surface area (Å²) in [6.07, 6.45) is 1.66. The van der Waals surface area contributed by atoms with Crippen molar-refractivity contribution in [2.24, 2.45) is 18.7 Å². The Morgan fingerprint density at radius 1 is 1.55 bits per heavy atom. The first kappa shape index (κ1) is 8.20. The molecule has 0 aliphatic carbocycles. The van der Waals surface area contributed by atoms with Crippen LogP contribution in [0.15, 0.2) is 6.33 Å². The van der Waals surface area contributed by atoms with Gasteiger partial charge in [0.25, 0.3) is 0 Å². The molecule has 0 aromatic carbocycles. The lowest BCUT2D eigenvalue weighted by Crippen LogP contribution is -2.20. The molecule has 1 atom stereocenters. The van der Waals surface area contributed by atoms with Crippen LogP contribution in [0.25, 0.3) is 0 Å². The number of aryl methyl sites for hydroxylation is 1. The molecule has 2 N–H and O–H groups in total. The third-order valence-corrected chi connectivity index (χ3v) is 1.76. The first-order valence-electron chi connectivity index (χ1n) is 3.72. The van der Waals surface area contributed by atoms with Gasteiger partial charge >= 0.3 is 0 Å². The zero-order valence-corrected chi connectivity index (χ0v) is 7.15. The monoisotopic (exact) mass is 154 g/mol. The first-order chi connectivity index (χ1) is 5.13. The van der Waals surface area contributed by atoms with E-state index in [2.05, 4.69) is 24.0 Å². The molecule has 0 unspecified atom stereocenters. The lowest BCUT2D eigenvalue weighted by Gasteiger charge is -2.13. The summed E-state index contributed by atoms with van der Waals surface area (Å²) >= 11 is 0. The fraction of sp³-hybridized carbons (Fsp3) is 0.714. The van der Waals surface area contributed by atoms with Crippen LogP contribution in [0.4, 0.5) is 0 Å². The van der Waals surface area contributed by atoms with Crippen LogP contribution in [0.1, 0.15) is 25.7 Å². The van der Waals surface area contributed by atoms with Crippen LogP contribution < -0.4 is 5.73 Å². The summed E-state index contributed by atoms with van der Waals surface area (Å²) in [5, 5.41) is 7.68. The summed E-state index contributed by atoms with van der Waals surface area (Å²) in [5.41, 5.74) is 5.86. The van der Waals surface area contributed by atoms with E-state index in [-0.39, 0.29) is 6.04 Å². The van der Waals surface area contributed by atoms with E-state index in [1.807, 2.05) is 11.6 Å². The highest BCUT2D eigenvalue weighted by molar-refractivity contribution is 4.93. The zero-order valence-electron chi connectivity index (χ0n) is 7.15. The van der Waals surface area contributed by atoms with E-state index >= 15 is 0 Å². The van der Waals surface area contributed by atoms with Crippen molar-refractivity contribution in [3.63, 3.8) is 0 Å². The Morgan fingerprint density at radius 2 is 2.18 bits per heavy atom. The summed E-state index contributed by atoms with van der Waals surface area (Å²) in [6.45, 7) is 4.14. The number of nitrogens with two attached hydrogens (primary N) is 1. The van der Waals surface area contributed by atoms with Crippen molar-refractivity contribution in [1.29, 1.82) is 0 Å². The minimum absolute atomic E-state index is 0.0116. The molecule has 1 rings (SSSR count). The van der Waals surface area contributed by atoms with Crippen LogP contribution in [0.5, 0.6) is 0 Å². The average Bonchev–Trinajstić information content (AvgIpc) is 2.33. The Bertz CT molecular complexity index is 228. The van der Waals surface area contributed by atoms with Crippen molar-refractivity contribution in [3.05, 3.63) is 12.2 Å². The van der Waals surface area contributed by atoms with E-state index in [4.69, 9.17) is 5.73 Å². The highest BCUT2D eigenvalue weighted by atomic mass is 15.3. The number of hydrogen-bond acceptors (Lipinski definition) is 3. The van der Waals surface area contributed by atoms with Gasteiger partial charge < -0.3 is 10.3 Å². The predicted molar refractivity (Wildman–Crippen MR) is 42.8 cm³/mol. The van der Waals surface area contributed by atoms with E-state index in [1.54, 1.807) is 6.33 Å². The Balaban J connectivity index is 2.84. The van der Waals surface area contributed by atoms with Crippen LogP contribution in [-0.2, 0) is 7.05 Å². The zero-order chi connectivity index (χ0) is 8.43. The smallest absolute Gasteiger partial charge is 0.149 e. The maximum atomic E-state index is 5.86. The third kappa shape index (κ3) is 1.57. The SMILES string of the molecule is CC(C)[C@H](N)c1nncn1C. The predicted octanol–water partition coefficient (Wildman–Crippen LogP) is 0.471. The summed E-state index contributed by atoms with van der Waals surface area (Å²) < 4.78 is 1.85. The fourth-order valence-electron chi connectivity index (χ4n) is 0.892. The first-order valence-corrected chi connectivity index (χ1v) is 3.72. The van der Waals surface area contributed by atoms with Gasteiger partial charge in [0.05, 0.1) is 6.04 Å². The van der Waals surface area contributed by atoms with Gasteiger partial charge in [-0.1, -0.05) is 13.8 Å². The molecule has 1 aromatic rings. The van der Waals surface area contributed by atoms with Gasteiger partial charge in [0.2, 0.25) is 0 Å². The lowest BCUT2D eigenvalue weighted by atomic mass is 10.1. The van der Waals surface area contributed by atoms with Crippen molar-refractivity contribution >= 4 is 0 Å². The van der Waals surface area contributed by atoms with Gasteiger partial charge in [-0.3, -0.25) is 0 Å². The molecule has 1 heterocycles. The standard InChI is InChI=1S/C7H14N4/c1-5(2)6(8)7-10-9-4-11(7)3/h4-6H,8H2,1-3H3/t6-/m0/s1. The molecule has 0 aliphatic rings. The molecule has 11 heavy (non-hydrogen) atoms. The second kappa shape index (κ2) is 3.00. The molecule has 0 bridgehead atoms. The second-order valence-corrected chi connectivity index (χ2v) is 3.07. The molecule has 0 spiro atoms. The second-order valence-electron chi connectivity index (χ2n) is 3.07. The normalized spacial score (nSPS) is 13.9. The Hall–Kier alpha value is -0.900. The van der Waals surface area contributed by atoms with Crippen LogP contribution in [0.3, 0.4) is 0 Å². The van der Waals surface area contributed by atoms with Gasteiger partial charge in [0, 0.05) is 7.05 Å². The third-order valence-electron chi connectivity index (χ3n) is 1.76. The molecule has 0 radical (unpaired) electrons. The van der Waals surface area contributed by atoms with Crippen LogP contribution in [-0.4, -0.2) is 14.8 Å². The Kier molecular flexibility index (Phi) is 2.24. The number of aromatic nitrogens is 3. The topological polar surface area (TPSA) is 56.7 Å². The average molecular weight is 154 g/mol. The number of nitrogens with zero attached hydrogens (tertiary/aromatic N) is 3. The lowest BCUT2D eigenvalue weighted by molar-refractivity contribution is 0.476. The van der Waals surface area contributed by atoms with Crippen LogP contribution in [0, 0.1) is 5.92 Å². The molecule has 4 nitrogen and oxygen atoms in total. The molecule has 0 saturated heterocycles. The highest BCUT2D eigenvalue weighted by Gasteiger charge is 2.14. The molecule has 4 heteroatoms. The summed E-state index contributed by atoms with van der Waals surface area (Å²) in [4.78, 5) is 0. The van der Waals surface area contributed by atoms with Crippen molar-refractivity contribution in [1.82, 2.24) is 14.8 Å². The molecular formula is C7H14N4. The largest absolute Gasteiger partial charge is 0.321 e. The molecule has 0 saturated carbocycles. The minimum atomic E-state index is -0.0116. The van der Waals surface area contributed by atoms with E-state index in [9.17, 15) is 0 Å². The van der Waals surface area contributed by atoms with Crippen molar-refractivity contribution in [2.75, 3.05) is 0 Å². The van der Waals surface area contributed by atoms with Gasteiger partial charge in [0.1, 0.15) is 12.2 Å². The highest BCUT2D eigenvalue weighted by Crippen LogP contribution is 2.14. The van der Waals surface area contributed by atoms with E-state index in [0.29, 0.717) is 5.92 Å². The van der Waals surface area contributed by atoms with Gasteiger partial charge in [-0.2, -0.15) is 0 Å². The number of rotatable bonds is 2. The van der Waals surface area contributed by atoms with Crippen molar-refractivity contribution < 1.29 is 0 Å². The number of hydrogen-bond donors (Lipinski definition) is 1. The quantitative estimate of drug-likeness (QED) is 0.673. The molecule has 1 aromatic heterocycles. The maximum Gasteiger partial charge on any atom is 0.149 e. The molecular weight excluding hydrogens is 140 g/mol. The Morgan fingerprint density at radius 3 is 2.55 bits per heavy atom.